The van der Waals surface area contributed by atoms with Gasteiger partial charge < -0.3 is 10.8 Å². The number of nitrogen functional groups attached to an aromatic ring is 1. The highest BCUT2D eigenvalue weighted by molar-refractivity contribution is 7.98. The largest absolute Gasteiger partial charge is 0.508 e. The van der Waals surface area contributed by atoms with E-state index in [9.17, 15) is 0 Å². The van der Waals surface area contributed by atoms with Crippen molar-refractivity contribution in [3.05, 3.63) is 47.1 Å². The average molecular weight is 267 g/mol. The highest BCUT2D eigenvalue weighted by atomic mass is 35.5. The third-order valence-corrected chi connectivity index (χ3v) is 3.52. The molecule has 0 atom stereocenters. The van der Waals surface area contributed by atoms with E-state index in [1.165, 1.54) is 0 Å². The van der Waals surface area contributed by atoms with Crippen molar-refractivity contribution in [1.82, 2.24) is 4.98 Å². The molecule has 0 aliphatic rings. The maximum atomic E-state index is 9.16. The van der Waals surface area contributed by atoms with Crippen molar-refractivity contribution < 1.29 is 5.11 Å². The minimum absolute atomic E-state index is 0.259. The van der Waals surface area contributed by atoms with Gasteiger partial charge >= 0.3 is 0 Å². The third-order valence-electron chi connectivity index (χ3n) is 2.15. The number of phenolic OH excluding ortho intramolecular Hbond substituents is 1. The highest BCUT2D eigenvalue weighted by Gasteiger charge is 2.04. The minimum Gasteiger partial charge on any atom is -0.508 e. The zero-order valence-electron chi connectivity index (χ0n) is 8.93. The maximum absolute atomic E-state index is 9.16. The van der Waals surface area contributed by atoms with Gasteiger partial charge in [0.15, 0.2) is 0 Å². The van der Waals surface area contributed by atoms with Crippen LogP contribution in [0.2, 0.25) is 5.02 Å². The average Bonchev–Trinajstić information content (AvgIpc) is 2.32. The van der Waals surface area contributed by atoms with Crippen LogP contribution in [0.3, 0.4) is 0 Å². The van der Waals surface area contributed by atoms with Crippen molar-refractivity contribution in [3.63, 3.8) is 0 Å². The first-order valence-electron chi connectivity index (χ1n) is 4.98. The predicted molar refractivity (Wildman–Crippen MR) is 71.3 cm³/mol. The smallest absolute Gasteiger partial charge is 0.123 e. The topological polar surface area (TPSA) is 59.1 Å². The summed E-state index contributed by atoms with van der Waals surface area (Å²) in [5.41, 5.74) is 6.37. The van der Waals surface area contributed by atoms with Gasteiger partial charge in [-0.3, -0.25) is 0 Å². The van der Waals surface area contributed by atoms with Crippen LogP contribution in [-0.2, 0) is 5.75 Å². The maximum Gasteiger partial charge on any atom is 0.123 e. The summed E-state index contributed by atoms with van der Waals surface area (Å²) in [5.74, 6) is 1.37. The van der Waals surface area contributed by atoms with E-state index in [-0.39, 0.29) is 5.75 Å². The molecule has 0 aliphatic carbocycles. The van der Waals surface area contributed by atoms with E-state index in [1.54, 1.807) is 36.0 Å². The highest BCUT2D eigenvalue weighted by Crippen LogP contribution is 2.27. The van der Waals surface area contributed by atoms with E-state index >= 15 is 0 Å². The van der Waals surface area contributed by atoms with Gasteiger partial charge in [-0.2, -0.15) is 0 Å². The number of hydrogen-bond donors (Lipinski definition) is 2. The summed E-state index contributed by atoms with van der Waals surface area (Å²) >= 11 is 7.61. The Morgan fingerprint density at radius 1 is 1.18 bits per heavy atom. The Kier molecular flexibility index (Phi) is 3.76. The molecule has 0 aliphatic heterocycles. The number of aromatic nitrogens is 1. The van der Waals surface area contributed by atoms with Crippen LogP contribution in [0.15, 0.2) is 41.3 Å². The zero-order chi connectivity index (χ0) is 12.3. The molecule has 0 unspecified atom stereocenters. The van der Waals surface area contributed by atoms with Crippen molar-refractivity contribution in [2.24, 2.45) is 0 Å². The summed E-state index contributed by atoms with van der Waals surface area (Å²) in [7, 11) is 0. The quantitative estimate of drug-likeness (QED) is 0.837. The number of thioether (sulfide) groups is 1. The van der Waals surface area contributed by atoms with Gasteiger partial charge in [-0.1, -0.05) is 11.6 Å². The first-order valence-corrected chi connectivity index (χ1v) is 6.34. The SMILES string of the molecule is Nc1ccc(Cl)c(CSc2ccc(O)cc2)n1. The molecule has 3 nitrogen and oxygen atoms in total. The summed E-state index contributed by atoms with van der Waals surface area (Å²) in [5, 5.41) is 9.78. The second kappa shape index (κ2) is 5.29. The molecule has 0 saturated heterocycles. The van der Waals surface area contributed by atoms with Crippen LogP contribution < -0.4 is 5.73 Å². The van der Waals surface area contributed by atoms with Crippen molar-refractivity contribution in [2.75, 3.05) is 5.73 Å². The summed E-state index contributed by atoms with van der Waals surface area (Å²) in [6, 6.07) is 10.4. The molecule has 1 heterocycles. The molecule has 88 valence electrons. The van der Waals surface area contributed by atoms with Crippen LogP contribution in [0.1, 0.15) is 5.69 Å². The number of aromatic hydroxyl groups is 1. The number of nitrogens with zero attached hydrogens (tertiary/aromatic N) is 1. The van der Waals surface area contributed by atoms with Crippen LogP contribution in [0.5, 0.6) is 5.75 Å². The number of halogens is 1. The molecule has 0 radical (unpaired) electrons. The number of anilines is 1. The molecule has 2 aromatic rings. The molecule has 1 aromatic heterocycles. The molecule has 5 heteroatoms. The van der Waals surface area contributed by atoms with Crippen molar-refractivity contribution in [1.29, 1.82) is 0 Å². The van der Waals surface area contributed by atoms with Crippen LogP contribution in [0.25, 0.3) is 0 Å². The first-order chi connectivity index (χ1) is 8.15. The van der Waals surface area contributed by atoms with Gasteiger partial charge in [-0.05, 0) is 36.4 Å². The fourth-order valence-electron chi connectivity index (χ4n) is 1.30. The van der Waals surface area contributed by atoms with Crippen LogP contribution >= 0.6 is 23.4 Å². The molecule has 1 aromatic carbocycles. The molecular formula is C12H11ClN2OS. The van der Waals surface area contributed by atoms with Crippen molar-refractivity contribution in [2.45, 2.75) is 10.6 Å². The molecule has 3 N–H and O–H groups in total. The first kappa shape index (κ1) is 12.1. The fourth-order valence-corrected chi connectivity index (χ4v) is 2.40. The molecule has 2 rings (SSSR count). The molecule has 0 spiro atoms. The number of hydrogen-bond acceptors (Lipinski definition) is 4. The summed E-state index contributed by atoms with van der Waals surface area (Å²) in [6.07, 6.45) is 0. The van der Waals surface area contributed by atoms with E-state index in [2.05, 4.69) is 4.98 Å². The molecule has 0 saturated carbocycles. The lowest BCUT2D eigenvalue weighted by Crippen LogP contribution is -1.94. The van der Waals surface area contributed by atoms with Gasteiger partial charge in [0, 0.05) is 10.6 Å². The normalized spacial score (nSPS) is 10.4. The van der Waals surface area contributed by atoms with Gasteiger partial charge in [-0.15, -0.1) is 11.8 Å². The van der Waals surface area contributed by atoms with E-state index in [1.807, 2.05) is 12.1 Å². The summed E-state index contributed by atoms with van der Waals surface area (Å²) in [4.78, 5) is 5.23. The standard InChI is InChI=1S/C12H11ClN2OS/c13-10-5-6-12(14)15-11(10)7-17-9-3-1-8(16)2-4-9/h1-6,16H,7H2,(H2,14,15). The monoisotopic (exact) mass is 266 g/mol. The number of pyridine rings is 1. The predicted octanol–water partition coefficient (Wildman–Crippen LogP) is 3.32. The molecule has 0 fully saturated rings. The molecular weight excluding hydrogens is 256 g/mol. The van der Waals surface area contributed by atoms with Crippen LogP contribution in [0, 0.1) is 0 Å². The minimum atomic E-state index is 0.259. The van der Waals surface area contributed by atoms with Crippen LogP contribution in [-0.4, -0.2) is 10.1 Å². The number of nitrogens with two attached hydrogens (primary N) is 1. The van der Waals surface area contributed by atoms with Crippen molar-refractivity contribution in [3.8, 4) is 5.75 Å². The summed E-state index contributed by atoms with van der Waals surface area (Å²) < 4.78 is 0. The Morgan fingerprint density at radius 2 is 1.88 bits per heavy atom. The number of rotatable bonds is 3. The lowest BCUT2D eigenvalue weighted by atomic mass is 10.3. The Balaban J connectivity index is 2.07. The van der Waals surface area contributed by atoms with E-state index in [0.717, 1.165) is 10.6 Å². The Morgan fingerprint density at radius 3 is 2.59 bits per heavy atom. The number of phenols is 1. The number of benzene rings is 1. The summed E-state index contributed by atoms with van der Waals surface area (Å²) in [6.45, 7) is 0. The van der Waals surface area contributed by atoms with Gasteiger partial charge in [0.2, 0.25) is 0 Å². The molecule has 0 amide bonds. The van der Waals surface area contributed by atoms with E-state index < -0.39 is 0 Å². The Bertz CT molecular complexity index is 516. The van der Waals surface area contributed by atoms with Gasteiger partial charge in [0.25, 0.3) is 0 Å². The Hall–Kier alpha value is -1.39. The fraction of sp³-hybridized carbons (Fsp3) is 0.0833. The van der Waals surface area contributed by atoms with Gasteiger partial charge in [0.1, 0.15) is 11.6 Å². The van der Waals surface area contributed by atoms with Crippen molar-refractivity contribution >= 4 is 29.2 Å². The lowest BCUT2D eigenvalue weighted by Gasteiger charge is -2.04. The second-order valence-electron chi connectivity index (χ2n) is 3.45. The van der Waals surface area contributed by atoms with Crippen LogP contribution in [0.4, 0.5) is 5.82 Å². The molecule has 0 bridgehead atoms. The van der Waals surface area contributed by atoms with E-state index in [4.69, 9.17) is 22.4 Å². The Labute approximate surface area is 109 Å². The van der Waals surface area contributed by atoms with Gasteiger partial charge in [0.05, 0.1) is 10.7 Å². The zero-order valence-corrected chi connectivity index (χ0v) is 10.5. The van der Waals surface area contributed by atoms with Gasteiger partial charge in [-0.25, -0.2) is 4.98 Å². The van der Waals surface area contributed by atoms with E-state index in [0.29, 0.717) is 16.6 Å². The third kappa shape index (κ3) is 3.28. The molecule has 17 heavy (non-hydrogen) atoms. The second-order valence-corrected chi connectivity index (χ2v) is 4.90. The lowest BCUT2D eigenvalue weighted by molar-refractivity contribution is 0.475.